The molecule has 2 fully saturated rings. The molecule has 16 heavy (non-hydrogen) atoms. The first-order valence-corrected chi connectivity index (χ1v) is 6.96. The number of hydrogen-bond donors (Lipinski definition) is 0. The summed E-state index contributed by atoms with van der Waals surface area (Å²) in [5.74, 6) is 3.30. The predicted molar refractivity (Wildman–Crippen MR) is 66.2 cm³/mol. The van der Waals surface area contributed by atoms with Crippen LogP contribution in [0.4, 0.5) is 0 Å². The Morgan fingerprint density at radius 3 is 2.62 bits per heavy atom. The van der Waals surface area contributed by atoms with E-state index in [1.165, 1.54) is 25.7 Å². The van der Waals surface area contributed by atoms with Gasteiger partial charge in [0.2, 0.25) is 0 Å². The van der Waals surface area contributed by atoms with Crippen LogP contribution in [0.3, 0.4) is 0 Å². The first-order valence-electron chi connectivity index (χ1n) is 6.96. The lowest BCUT2D eigenvalue weighted by atomic mass is 9.87. The van der Waals surface area contributed by atoms with Crippen LogP contribution in [-0.4, -0.2) is 12.2 Å². The highest BCUT2D eigenvalue weighted by atomic mass is 16.6. The van der Waals surface area contributed by atoms with Gasteiger partial charge in [0.1, 0.15) is 0 Å². The summed E-state index contributed by atoms with van der Waals surface area (Å²) in [6.45, 7) is 8.14. The predicted octanol–water partition coefficient (Wildman–Crippen LogP) is 3.79. The highest BCUT2D eigenvalue weighted by molar-refractivity contribution is 5.21. The van der Waals surface area contributed by atoms with Gasteiger partial charge in [-0.05, 0) is 50.4 Å². The summed E-state index contributed by atoms with van der Waals surface area (Å²) in [7, 11) is 0. The van der Waals surface area contributed by atoms with Gasteiger partial charge in [-0.15, -0.1) is 0 Å². The van der Waals surface area contributed by atoms with Crippen LogP contribution in [0.5, 0.6) is 0 Å². The second kappa shape index (κ2) is 3.60. The molecule has 1 heterocycles. The van der Waals surface area contributed by atoms with Gasteiger partial charge in [0.05, 0.1) is 12.2 Å². The lowest BCUT2D eigenvalue weighted by Crippen LogP contribution is -2.18. The summed E-state index contributed by atoms with van der Waals surface area (Å²) in [5.41, 5.74) is 1.97. The van der Waals surface area contributed by atoms with E-state index >= 15 is 0 Å². The third-order valence-corrected chi connectivity index (χ3v) is 5.31. The van der Waals surface area contributed by atoms with E-state index in [4.69, 9.17) is 4.74 Å². The van der Waals surface area contributed by atoms with Gasteiger partial charge in [-0.3, -0.25) is 0 Å². The number of epoxide rings is 1. The molecule has 1 nitrogen and oxygen atoms in total. The smallest absolute Gasteiger partial charge is 0.0950 e. The molecule has 2 aliphatic carbocycles. The molecule has 0 aromatic rings. The molecule has 1 saturated heterocycles. The van der Waals surface area contributed by atoms with Crippen molar-refractivity contribution in [3.63, 3.8) is 0 Å². The molecule has 0 bridgehead atoms. The van der Waals surface area contributed by atoms with Crippen LogP contribution < -0.4 is 0 Å². The van der Waals surface area contributed by atoms with Gasteiger partial charge in [0.25, 0.3) is 0 Å². The van der Waals surface area contributed by atoms with Gasteiger partial charge in [0, 0.05) is 5.92 Å². The Kier molecular flexibility index (Phi) is 2.43. The van der Waals surface area contributed by atoms with E-state index in [-0.39, 0.29) is 5.60 Å². The fourth-order valence-electron chi connectivity index (χ4n) is 3.80. The molecule has 0 aromatic carbocycles. The SMILES string of the molecule is CC1CCC2C1=CC(C1(C)CO1)CCC2C. The summed E-state index contributed by atoms with van der Waals surface area (Å²) in [5, 5.41) is 0. The highest BCUT2D eigenvalue weighted by Crippen LogP contribution is 2.49. The second-order valence-corrected chi connectivity index (χ2v) is 6.51. The Morgan fingerprint density at radius 1 is 1.19 bits per heavy atom. The molecule has 1 aliphatic heterocycles. The van der Waals surface area contributed by atoms with E-state index in [1.54, 1.807) is 5.57 Å². The van der Waals surface area contributed by atoms with Crippen LogP contribution in [0.1, 0.15) is 46.5 Å². The van der Waals surface area contributed by atoms with Crippen molar-refractivity contribution < 1.29 is 4.74 Å². The van der Waals surface area contributed by atoms with E-state index < -0.39 is 0 Å². The Hall–Kier alpha value is -0.300. The van der Waals surface area contributed by atoms with Crippen LogP contribution in [0.2, 0.25) is 0 Å². The second-order valence-electron chi connectivity index (χ2n) is 6.51. The first kappa shape index (κ1) is 10.8. The van der Waals surface area contributed by atoms with Gasteiger partial charge in [-0.25, -0.2) is 0 Å². The topological polar surface area (TPSA) is 12.5 Å². The minimum atomic E-state index is 0.198. The molecule has 1 heteroatoms. The molecule has 0 N–H and O–H groups in total. The highest BCUT2D eigenvalue weighted by Gasteiger charge is 2.47. The number of fused-ring (bicyclic) bond motifs is 1. The standard InChI is InChI=1S/C15H24O/c1-10-4-6-12(15(3)9-16-15)8-14-11(2)5-7-13(10)14/h8,10-13H,4-7,9H2,1-3H3. The molecule has 0 radical (unpaired) electrons. The summed E-state index contributed by atoms with van der Waals surface area (Å²) >= 11 is 0. The number of allylic oxidation sites excluding steroid dienone is 1. The van der Waals surface area contributed by atoms with E-state index in [0.717, 1.165) is 24.4 Å². The quantitative estimate of drug-likeness (QED) is 0.484. The van der Waals surface area contributed by atoms with Crippen LogP contribution in [0.25, 0.3) is 0 Å². The van der Waals surface area contributed by atoms with E-state index in [9.17, 15) is 0 Å². The van der Waals surface area contributed by atoms with Gasteiger partial charge >= 0.3 is 0 Å². The van der Waals surface area contributed by atoms with Crippen LogP contribution in [0, 0.1) is 23.7 Å². The first-order chi connectivity index (χ1) is 7.60. The third kappa shape index (κ3) is 1.64. The third-order valence-electron chi connectivity index (χ3n) is 5.31. The number of hydrogen-bond acceptors (Lipinski definition) is 1. The van der Waals surface area contributed by atoms with E-state index in [2.05, 4.69) is 26.8 Å². The van der Waals surface area contributed by atoms with Gasteiger partial charge in [-0.2, -0.15) is 0 Å². The largest absolute Gasteiger partial charge is 0.369 e. The summed E-state index contributed by atoms with van der Waals surface area (Å²) < 4.78 is 5.67. The number of ether oxygens (including phenoxy) is 1. The fraction of sp³-hybridized carbons (Fsp3) is 0.867. The Balaban J connectivity index is 1.89. The summed E-state index contributed by atoms with van der Waals surface area (Å²) in [4.78, 5) is 0. The van der Waals surface area contributed by atoms with Gasteiger partial charge in [0.15, 0.2) is 0 Å². The average molecular weight is 220 g/mol. The molecular weight excluding hydrogens is 196 g/mol. The molecule has 1 saturated carbocycles. The van der Waals surface area contributed by atoms with Crippen LogP contribution >= 0.6 is 0 Å². The Bertz CT molecular complexity index is 313. The van der Waals surface area contributed by atoms with E-state index in [1.807, 2.05) is 0 Å². The Morgan fingerprint density at radius 2 is 1.94 bits per heavy atom. The molecule has 5 unspecified atom stereocenters. The molecular formula is C15H24O. The zero-order chi connectivity index (χ0) is 11.3. The van der Waals surface area contributed by atoms with Crippen molar-refractivity contribution in [2.24, 2.45) is 23.7 Å². The van der Waals surface area contributed by atoms with Crippen molar-refractivity contribution in [1.82, 2.24) is 0 Å². The molecule has 0 spiro atoms. The van der Waals surface area contributed by atoms with Gasteiger partial charge in [-0.1, -0.05) is 25.5 Å². The van der Waals surface area contributed by atoms with Crippen molar-refractivity contribution in [2.75, 3.05) is 6.61 Å². The molecule has 3 aliphatic rings. The summed E-state index contributed by atoms with van der Waals surface area (Å²) in [6, 6.07) is 0. The minimum absolute atomic E-state index is 0.198. The molecule has 0 aromatic heterocycles. The van der Waals surface area contributed by atoms with Crippen molar-refractivity contribution in [3.05, 3.63) is 11.6 Å². The fourth-order valence-corrected chi connectivity index (χ4v) is 3.80. The molecule has 3 rings (SSSR count). The lowest BCUT2D eigenvalue weighted by molar-refractivity contribution is 0.248. The normalized spacial score (nSPS) is 51.8. The number of rotatable bonds is 1. The maximum absolute atomic E-state index is 5.67. The van der Waals surface area contributed by atoms with Crippen molar-refractivity contribution in [2.45, 2.75) is 52.1 Å². The maximum Gasteiger partial charge on any atom is 0.0950 e. The zero-order valence-corrected chi connectivity index (χ0v) is 10.8. The summed E-state index contributed by atoms with van der Waals surface area (Å²) in [6.07, 6.45) is 8.17. The zero-order valence-electron chi connectivity index (χ0n) is 10.8. The molecule has 5 atom stereocenters. The van der Waals surface area contributed by atoms with Crippen molar-refractivity contribution in [3.8, 4) is 0 Å². The Labute approximate surface area is 99.3 Å². The molecule has 0 amide bonds. The van der Waals surface area contributed by atoms with Crippen molar-refractivity contribution in [1.29, 1.82) is 0 Å². The van der Waals surface area contributed by atoms with E-state index in [0.29, 0.717) is 5.92 Å². The van der Waals surface area contributed by atoms with Crippen LogP contribution in [-0.2, 0) is 4.74 Å². The van der Waals surface area contributed by atoms with Gasteiger partial charge < -0.3 is 4.74 Å². The minimum Gasteiger partial charge on any atom is -0.369 e. The maximum atomic E-state index is 5.67. The van der Waals surface area contributed by atoms with Crippen molar-refractivity contribution >= 4 is 0 Å². The monoisotopic (exact) mass is 220 g/mol. The lowest BCUT2D eigenvalue weighted by Gasteiger charge is -2.19. The molecule has 90 valence electrons. The average Bonchev–Trinajstić information content (AvgIpc) is 2.92. The van der Waals surface area contributed by atoms with Crippen LogP contribution in [0.15, 0.2) is 11.6 Å².